The summed E-state index contributed by atoms with van der Waals surface area (Å²) in [6.07, 6.45) is 8.98. The van der Waals surface area contributed by atoms with Crippen LogP contribution in [-0.4, -0.2) is 37.2 Å². The number of pyridine rings is 2. The van der Waals surface area contributed by atoms with Crippen molar-refractivity contribution in [3.63, 3.8) is 0 Å². The van der Waals surface area contributed by atoms with Gasteiger partial charge in [0, 0.05) is 52.9 Å². The molecule has 1 aliphatic rings. The molecule has 5 aromatic rings. The fourth-order valence-corrected chi connectivity index (χ4v) is 5.28. The smallest absolute Gasteiger partial charge is 0.147 e. The molecule has 0 aliphatic carbocycles. The van der Waals surface area contributed by atoms with Gasteiger partial charge in [0.25, 0.3) is 0 Å². The van der Waals surface area contributed by atoms with Gasteiger partial charge in [-0.1, -0.05) is 29.3 Å². The Hall–Kier alpha value is -2.93. The van der Waals surface area contributed by atoms with E-state index < -0.39 is 0 Å². The highest BCUT2D eigenvalue weighted by molar-refractivity contribution is 6.39. The second-order valence-corrected chi connectivity index (χ2v) is 9.72. The van der Waals surface area contributed by atoms with Crippen LogP contribution in [-0.2, 0) is 5.54 Å². The molecule has 33 heavy (non-hydrogen) atoms. The molecule has 166 valence electrons. The lowest BCUT2D eigenvalue weighted by atomic mass is 10.0. The normalized spacial score (nSPS) is 18.5. The minimum Gasteiger partial charge on any atom is -0.314 e. The number of aryl methyl sites for hydroxylation is 1. The number of halogens is 2. The van der Waals surface area contributed by atoms with E-state index in [4.69, 9.17) is 33.2 Å². The van der Waals surface area contributed by atoms with Gasteiger partial charge in [0.1, 0.15) is 5.65 Å². The van der Waals surface area contributed by atoms with Crippen LogP contribution in [0.3, 0.4) is 0 Å². The van der Waals surface area contributed by atoms with E-state index in [-0.39, 0.29) is 5.54 Å². The maximum absolute atomic E-state index is 6.49. The molecule has 1 aromatic carbocycles. The molecule has 8 heteroatoms. The highest BCUT2D eigenvalue weighted by atomic mass is 35.5. The van der Waals surface area contributed by atoms with Gasteiger partial charge in [0.2, 0.25) is 0 Å². The van der Waals surface area contributed by atoms with Crippen molar-refractivity contribution in [1.29, 1.82) is 0 Å². The molecule has 1 N–H and O–H groups in total. The van der Waals surface area contributed by atoms with E-state index in [1.807, 2.05) is 49.8 Å². The Morgan fingerprint density at radius 3 is 2.67 bits per heavy atom. The molecule has 0 saturated carbocycles. The zero-order valence-corrected chi connectivity index (χ0v) is 19.8. The standard InChI is InChI=1S/C25H22Cl2N6/c1-15-23(22-19(26)4-3-5-20(22)27)31-24-18-10-16(11-29-21(18)6-9-32(15)24)17-12-30-33(13-17)25(2)7-8-28-14-25/h3-6,9-13,28H,7-8,14H2,1-2H3. The number of benzene rings is 1. The van der Waals surface area contributed by atoms with Gasteiger partial charge in [-0.25, -0.2) is 4.98 Å². The maximum atomic E-state index is 6.49. The van der Waals surface area contributed by atoms with Crippen LogP contribution in [0.15, 0.2) is 55.1 Å². The Bertz CT molecular complexity index is 1510. The van der Waals surface area contributed by atoms with Gasteiger partial charge in [-0.15, -0.1) is 0 Å². The molecular weight excluding hydrogens is 455 g/mol. The minimum atomic E-state index is -0.000880. The van der Waals surface area contributed by atoms with Gasteiger partial charge in [-0.3, -0.25) is 9.67 Å². The van der Waals surface area contributed by atoms with Crippen molar-refractivity contribution >= 4 is 39.8 Å². The fourth-order valence-electron chi connectivity index (χ4n) is 4.70. The van der Waals surface area contributed by atoms with E-state index in [1.54, 1.807) is 0 Å². The lowest BCUT2D eigenvalue weighted by molar-refractivity contribution is 0.318. The number of fused-ring (bicyclic) bond motifs is 3. The summed E-state index contributed by atoms with van der Waals surface area (Å²) >= 11 is 13.0. The third-order valence-electron chi connectivity index (χ3n) is 6.71. The molecule has 6 rings (SSSR count). The van der Waals surface area contributed by atoms with Crippen molar-refractivity contribution in [3.05, 3.63) is 70.9 Å². The van der Waals surface area contributed by atoms with E-state index in [9.17, 15) is 0 Å². The number of nitrogens with one attached hydrogen (secondary N) is 1. The Labute approximate surface area is 201 Å². The van der Waals surface area contributed by atoms with Crippen molar-refractivity contribution < 1.29 is 0 Å². The van der Waals surface area contributed by atoms with Crippen LogP contribution in [0.2, 0.25) is 10.0 Å². The summed E-state index contributed by atoms with van der Waals surface area (Å²) in [6.45, 7) is 6.20. The van der Waals surface area contributed by atoms with Gasteiger partial charge in [-0.2, -0.15) is 5.10 Å². The van der Waals surface area contributed by atoms with Crippen molar-refractivity contribution in [2.75, 3.05) is 13.1 Å². The molecule has 5 heterocycles. The summed E-state index contributed by atoms with van der Waals surface area (Å²) in [6, 6.07) is 9.66. The molecule has 1 atom stereocenters. The first kappa shape index (κ1) is 20.7. The number of hydrogen-bond donors (Lipinski definition) is 1. The van der Waals surface area contributed by atoms with E-state index in [0.717, 1.165) is 64.1 Å². The molecule has 0 bridgehead atoms. The third-order valence-corrected chi connectivity index (χ3v) is 7.34. The number of aromatic nitrogens is 5. The molecule has 6 nitrogen and oxygen atoms in total. The summed E-state index contributed by atoms with van der Waals surface area (Å²) in [5.41, 5.74) is 6.25. The Morgan fingerprint density at radius 2 is 1.91 bits per heavy atom. The highest BCUT2D eigenvalue weighted by Gasteiger charge is 2.31. The van der Waals surface area contributed by atoms with E-state index >= 15 is 0 Å². The number of hydrogen-bond acceptors (Lipinski definition) is 4. The van der Waals surface area contributed by atoms with Crippen molar-refractivity contribution in [3.8, 4) is 22.4 Å². The topological polar surface area (TPSA) is 60.0 Å². The zero-order chi connectivity index (χ0) is 22.7. The Kier molecular flexibility index (Phi) is 4.73. The van der Waals surface area contributed by atoms with Gasteiger partial charge >= 0.3 is 0 Å². The zero-order valence-electron chi connectivity index (χ0n) is 18.3. The molecule has 0 spiro atoms. The first-order valence-electron chi connectivity index (χ1n) is 10.9. The molecule has 0 radical (unpaired) electrons. The minimum absolute atomic E-state index is 0.000880. The highest BCUT2D eigenvalue weighted by Crippen LogP contribution is 2.37. The fraction of sp³-hybridized carbons (Fsp3) is 0.240. The molecule has 4 aromatic heterocycles. The number of rotatable bonds is 3. The van der Waals surface area contributed by atoms with Gasteiger partial charge in [-0.05, 0) is 51.1 Å². The molecule has 0 amide bonds. The van der Waals surface area contributed by atoms with Gasteiger partial charge in [0.15, 0.2) is 0 Å². The average Bonchev–Trinajstić information content (AvgIpc) is 3.54. The summed E-state index contributed by atoms with van der Waals surface area (Å²) in [5.74, 6) is 0. The predicted molar refractivity (Wildman–Crippen MR) is 133 cm³/mol. The van der Waals surface area contributed by atoms with Crippen LogP contribution in [0.4, 0.5) is 0 Å². The second kappa shape index (κ2) is 7.55. The van der Waals surface area contributed by atoms with Crippen molar-refractivity contribution in [2.24, 2.45) is 0 Å². The summed E-state index contributed by atoms with van der Waals surface area (Å²) < 4.78 is 4.14. The number of nitrogens with zero attached hydrogens (tertiary/aromatic N) is 5. The van der Waals surface area contributed by atoms with Crippen LogP contribution in [0.1, 0.15) is 19.0 Å². The third kappa shape index (κ3) is 3.24. The molecule has 1 fully saturated rings. The maximum Gasteiger partial charge on any atom is 0.147 e. The van der Waals surface area contributed by atoms with Crippen LogP contribution in [0.25, 0.3) is 38.9 Å². The molecule has 1 saturated heterocycles. The van der Waals surface area contributed by atoms with Crippen molar-refractivity contribution in [1.82, 2.24) is 29.5 Å². The van der Waals surface area contributed by atoms with Gasteiger partial charge in [0.05, 0.1) is 33.0 Å². The molecular formula is C25H22Cl2N6. The first-order chi connectivity index (χ1) is 15.9. The van der Waals surface area contributed by atoms with Crippen LogP contribution >= 0.6 is 23.2 Å². The average molecular weight is 477 g/mol. The largest absolute Gasteiger partial charge is 0.314 e. The summed E-state index contributed by atoms with van der Waals surface area (Å²) in [4.78, 5) is 9.70. The van der Waals surface area contributed by atoms with E-state index in [2.05, 4.69) is 38.7 Å². The number of imidazole rings is 1. The van der Waals surface area contributed by atoms with Crippen LogP contribution < -0.4 is 5.32 Å². The van der Waals surface area contributed by atoms with Crippen molar-refractivity contribution in [2.45, 2.75) is 25.8 Å². The lowest BCUT2D eigenvalue weighted by Gasteiger charge is -2.23. The first-order valence-corrected chi connectivity index (χ1v) is 11.7. The predicted octanol–water partition coefficient (Wildman–Crippen LogP) is 5.74. The Balaban J connectivity index is 1.51. The van der Waals surface area contributed by atoms with Crippen LogP contribution in [0.5, 0.6) is 0 Å². The summed E-state index contributed by atoms with van der Waals surface area (Å²) in [5, 5.41) is 10.2. The molecule has 1 unspecified atom stereocenters. The van der Waals surface area contributed by atoms with Gasteiger partial charge < -0.3 is 9.72 Å². The van der Waals surface area contributed by atoms with E-state index in [0.29, 0.717) is 10.0 Å². The molecule has 1 aliphatic heterocycles. The van der Waals surface area contributed by atoms with Crippen LogP contribution in [0, 0.1) is 6.92 Å². The monoisotopic (exact) mass is 476 g/mol. The quantitative estimate of drug-likeness (QED) is 0.360. The second-order valence-electron chi connectivity index (χ2n) is 8.91. The summed E-state index contributed by atoms with van der Waals surface area (Å²) in [7, 11) is 0. The Morgan fingerprint density at radius 1 is 1.09 bits per heavy atom. The van der Waals surface area contributed by atoms with E-state index in [1.165, 1.54) is 0 Å². The lowest BCUT2D eigenvalue weighted by Crippen LogP contribution is -2.32. The SMILES string of the molecule is Cc1c(-c2c(Cl)cccc2Cl)nc2c3cc(-c4cnn(C5(C)CCNC5)c4)cnc3ccn12.